The molecule has 2 N–H and O–H groups in total. The molecule has 31 heavy (non-hydrogen) atoms. The lowest BCUT2D eigenvalue weighted by molar-refractivity contribution is -0.124. The molecule has 6 nitrogen and oxygen atoms in total. The Bertz CT molecular complexity index is 1040. The monoisotopic (exact) mass is 442 g/mol. The quantitative estimate of drug-likeness (QED) is 0.615. The molecule has 0 unspecified atom stereocenters. The van der Waals surface area contributed by atoms with Crippen LogP contribution in [0.4, 0.5) is 0 Å². The van der Waals surface area contributed by atoms with Crippen LogP contribution in [-0.4, -0.2) is 38.1 Å². The Morgan fingerprint density at radius 1 is 0.935 bits per heavy atom. The molecule has 7 heteroatoms. The van der Waals surface area contributed by atoms with E-state index in [2.05, 4.69) is 10.6 Å². The zero-order valence-electron chi connectivity index (χ0n) is 18.1. The van der Waals surface area contributed by atoms with Gasteiger partial charge in [-0.15, -0.1) is 0 Å². The van der Waals surface area contributed by atoms with E-state index < -0.39 is 20.5 Å². The number of aryl methyl sites for hydroxylation is 2. The first-order valence-electron chi connectivity index (χ1n) is 10.7. The molecule has 0 atom stereocenters. The number of rotatable bonds is 8. The summed E-state index contributed by atoms with van der Waals surface area (Å²) in [6.45, 7) is 4.04. The molecule has 2 amide bonds. The second kappa shape index (κ2) is 9.64. The van der Waals surface area contributed by atoms with Gasteiger partial charge < -0.3 is 10.6 Å². The van der Waals surface area contributed by atoms with Gasteiger partial charge in [-0.2, -0.15) is 0 Å². The van der Waals surface area contributed by atoms with Crippen LogP contribution in [0, 0.1) is 13.8 Å². The largest absolute Gasteiger partial charge is 0.354 e. The first-order valence-corrected chi connectivity index (χ1v) is 12.2. The minimum absolute atomic E-state index is 0.140. The number of amides is 2. The molecule has 166 valence electrons. The van der Waals surface area contributed by atoms with Gasteiger partial charge in [-0.1, -0.05) is 55.3 Å². The summed E-state index contributed by atoms with van der Waals surface area (Å²) >= 11 is 0. The Morgan fingerprint density at radius 2 is 1.58 bits per heavy atom. The van der Waals surface area contributed by atoms with Gasteiger partial charge in [0.05, 0.1) is 11.3 Å². The molecule has 0 spiro atoms. The Kier molecular flexibility index (Phi) is 7.15. The summed E-state index contributed by atoms with van der Waals surface area (Å²) in [6.07, 6.45) is 2.29. The van der Waals surface area contributed by atoms with Crippen molar-refractivity contribution in [1.82, 2.24) is 10.6 Å². The third-order valence-electron chi connectivity index (χ3n) is 5.91. The number of sulfone groups is 1. The fraction of sp³-hybridized carbons (Fsp3) is 0.417. The maximum atomic E-state index is 13.6. The number of nitrogens with one attached hydrogen (secondary N) is 2. The first-order chi connectivity index (χ1) is 14.8. The van der Waals surface area contributed by atoms with Crippen molar-refractivity contribution in [1.29, 1.82) is 0 Å². The summed E-state index contributed by atoms with van der Waals surface area (Å²) in [5.41, 5.74) is 2.41. The second-order valence-electron chi connectivity index (χ2n) is 8.24. The zero-order valence-corrected chi connectivity index (χ0v) is 18.9. The Balaban J connectivity index is 1.64. The van der Waals surface area contributed by atoms with Crippen LogP contribution in [0.25, 0.3) is 0 Å². The molecule has 3 rings (SSSR count). The van der Waals surface area contributed by atoms with Crippen LogP contribution in [0.5, 0.6) is 0 Å². The van der Waals surface area contributed by atoms with Crippen molar-refractivity contribution < 1.29 is 18.0 Å². The van der Waals surface area contributed by atoms with E-state index in [-0.39, 0.29) is 30.3 Å². The van der Waals surface area contributed by atoms with Crippen LogP contribution in [0.1, 0.15) is 42.4 Å². The van der Waals surface area contributed by atoms with E-state index in [1.807, 2.05) is 43.3 Å². The maximum absolute atomic E-state index is 13.6. The minimum Gasteiger partial charge on any atom is -0.354 e. The molecular weight excluding hydrogens is 412 g/mol. The van der Waals surface area contributed by atoms with E-state index in [1.54, 1.807) is 19.1 Å². The highest BCUT2D eigenvalue weighted by Crippen LogP contribution is 2.41. The van der Waals surface area contributed by atoms with Gasteiger partial charge in [0.2, 0.25) is 11.8 Å². The lowest BCUT2D eigenvalue weighted by Crippen LogP contribution is -2.52. The number of hydrogen-bond acceptors (Lipinski definition) is 4. The molecule has 0 bridgehead atoms. The summed E-state index contributed by atoms with van der Waals surface area (Å²) in [5, 5.41) is 5.54. The molecule has 1 fully saturated rings. The van der Waals surface area contributed by atoms with Gasteiger partial charge in [0.25, 0.3) is 0 Å². The molecule has 2 aromatic carbocycles. The first kappa shape index (κ1) is 23.0. The van der Waals surface area contributed by atoms with Crippen LogP contribution in [0.15, 0.2) is 53.4 Å². The topological polar surface area (TPSA) is 92.3 Å². The van der Waals surface area contributed by atoms with Gasteiger partial charge in [-0.05, 0) is 49.4 Å². The number of carbonyl (C=O) groups excluding carboxylic acids is 2. The fourth-order valence-electron chi connectivity index (χ4n) is 4.15. The van der Waals surface area contributed by atoms with Gasteiger partial charge in [-0.25, -0.2) is 8.42 Å². The summed E-state index contributed by atoms with van der Waals surface area (Å²) in [7, 11) is -3.85. The smallest absolute Gasteiger partial charge is 0.241 e. The minimum atomic E-state index is -3.85. The van der Waals surface area contributed by atoms with Crippen molar-refractivity contribution in [2.24, 2.45) is 0 Å². The predicted molar refractivity (Wildman–Crippen MR) is 120 cm³/mol. The highest BCUT2D eigenvalue weighted by atomic mass is 32.2. The molecule has 1 saturated carbocycles. The van der Waals surface area contributed by atoms with Gasteiger partial charge in [0.15, 0.2) is 14.6 Å². The van der Waals surface area contributed by atoms with E-state index in [1.165, 1.54) is 0 Å². The molecule has 1 aliphatic rings. The van der Waals surface area contributed by atoms with Crippen LogP contribution < -0.4 is 10.6 Å². The maximum Gasteiger partial charge on any atom is 0.241 e. The number of hydrogen-bond donors (Lipinski definition) is 2. The normalized spacial score (nSPS) is 15.4. The lowest BCUT2D eigenvalue weighted by atomic mass is 10.1. The van der Waals surface area contributed by atoms with Crippen molar-refractivity contribution in [2.75, 3.05) is 13.1 Å². The summed E-state index contributed by atoms with van der Waals surface area (Å²) in [6, 6.07) is 14.7. The standard InChI is InChI=1S/C24H30N2O4S/c1-18-10-11-19(2)21(16-18)31(29,30)24(12-6-7-13-24)23(28)26-15-14-25-22(27)17-20-8-4-3-5-9-20/h3-5,8-11,16H,6-7,12-15,17H2,1-2H3,(H,25,27)(H,26,28). The van der Waals surface area contributed by atoms with Gasteiger partial charge in [0.1, 0.15) is 0 Å². The Hall–Kier alpha value is -2.67. The third-order valence-corrected chi connectivity index (χ3v) is 8.55. The van der Waals surface area contributed by atoms with Crippen LogP contribution >= 0.6 is 0 Å². The number of carbonyl (C=O) groups is 2. The summed E-state index contributed by atoms with van der Waals surface area (Å²) in [5.74, 6) is -0.609. The van der Waals surface area contributed by atoms with Crippen LogP contribution in [-0.2, 0) is 25.8 Å². The molecular formula is C24H30N2O4S. The lowest BCUT2D eigenvalue weighted by Gasteiger charge is -2.28. The molecule has 0 aromatic heterocycles. The van der Waals surface area contributed by atoms with Crippen LogP contribution in [0.3, 0.4) is 0 Å². The van der Waals surface area contributed by atoms with E-state index in [4.69, 9.17) is 0 Å². The van der Waals surface area contributed by atoms with Gasteiger partial charge >= 0.3 is 0 Å². The highest BCUT2D eigenvalue weighted by Gasteiger charge is 2.53. The molecule has 0 aliphatic heterocycles. The number of benzene rings is 2. The van der Waals surface area contributed by atoms with E-state index in [9.17, 15) is 18.0 Å². The van der Waals surface area contributed by atoms with Crippen molar-refractivity contribution in [2.45, 2.75) is 55.6 Å². The van der Waals surface area contributed by atoms with Crippen molar-refractivity contribution in [3.63, 3.8) is 0 Å². The van der Waals surface area contributed by atoms with Crippen molar-refractivity contribution >= 4 is 21.7 Å². The predicted octanol–water partition coefficient (Wildman–Crippen LogP) is 2.87. The molecule has 2 aromatic rings. The van der Waals surface area contributed by atoms with Gasteiger partial charge in [0, 0.05) is 13.1 Å². The molecule has 0 heterocycles. The van der Waals surface area contributed by atoms with Crippen molar-refractivity contribution in [3.8, 4) is 0 Å². The van der Waals surface area contributed by atoms with E-state index >= 15 is 0 Å². The van der Waals surface area contributed by atoms with Gasteiger partial charge in [-0.3, -0.25) is 9.59 Å². The SMILES string of the molecule is Cc1ccc(C)c(S(=O)(=O)C2(C(=O)NCCNC(=O)Cc3ccccc3)CCCC2)c1. The van der Waals surface area contributed by atoms with Crippen molar-refractivity contribution in [3.05, 3.63) is 65.2 Å². The fourth-order valence-corrected chi connectivity index (χ4v) is 6.55. The molecule has 1 aliphatic carbocycles. The van der Waals surface area contributed by atoms with Crippen LogP contribution in [0.2, 0.25) is 0 Å². The summed E-state index contributed by atoms with van der Waals surface area (Å²) in [4.78, 5) is 25.4. The third kappa shape index (κ3) is 4.98. The second-order valence-corrected chi connectivity index (χ2v) is 10.5. The molecule has 0 radical (unpaired) electrons. The average Bonchev–Trinajstić information content (AvgIpc) is 3.25. The highest BCUT2D eigenvalue weighted by molar-refractivity contribution is 7.93. The van der Waals surface area contributed by atoms with E-state index in [0.29, 0.717) is 31.2 Å². The average molecular weight is 443 g/mol. The van der Waals surface area contributed by atoms with E-state index in [0.717, 1.165) is 11.1 Å². The zero-order chi connectivity index (χ0) is 22.5. The Labute approximate surface area is 184 Å². The Morgan fingerprint density at radius 3 is 2.26 bits per heavy atom. The summed E-state index contributed by atoms with van der Waals surface area (Å²) < 4.78 is 25.7. The molecule has 0 saturated heterocycles.